The highest BCUT2D eigenvalue weighted by atomic mass is 35.5. The molecule has 40 heavy (non-hydrogen) atoms. The van der Waals surface area contributed by atoms with Gasteiger partial charge >= 0.3 is 0 Å². The van der Waals surface area contributed by atoms with Gasteiger partial charge in [-0.3, -0.25) is 14.5 Å². The van der Waals surface area contributed by atoms with Crippen LogP contribution in [-0.4, -0.2) is 78.3 Å². The van der Waals surface area contributed by atoms with E-state index in [0.29, 0.717) is 54.0 Å². The number of amides is 2. The first kappa shape index (κ1) is 28.2. The second kappa shape index (κ2) is 12.9. The van der Waals surface area contributed by atoms with E-state index in [2.05, 4.69) is 10.0 Å². The predicted octanol–water partition coefficient (Wildman–Crippen LogP) is 5.28. The fraction of sp³-hybridized carbons (Fsp3) is 0.300. The van der Waals surface area contributed by atoms with Crippen LogP contribution in [0.1, 0.15) is 33.9 Å². The SMILES string of the molecule is O=C(c1ccccc1Cl)N(CCN1CCOCC1)CC(=O)N1N=C(c2ccc(F)cc2)CC1c1ccc(Cl)cc1. The van der Waals surface area contributed by atoms with Crippen molar-refractivity contribution in [2.75, 3.05) is 45.9 Å². The second-order valence-electron chi connectivity index (χ2n) is 9.72. The van der Waals surface area contributed by atoms with Crippen molar-refractivity contribution in [2.24, 2.45) is 5.10 Å². The third kappa shape index (κ3) is 6.70. The number of hydrogen-bond acceptors (Lipinski definition) is 5. The van der Waals surface area contributed by atoms with Gasteiger partial charge in [0.15, 0.2) is 0 Å². The van der Waals surface area contributed by atoms with E-state index in [1.807, 2.05) is 12.1 Å². The van der Waals surface area contributed by atoms with Crippen LogP contribution in [0.5, 0.6) is 0 Å². The predicted molar refractivity (Wildman–Crippen MR) is 153 cm³/mol. The van der Waals surface area contributed by atoms with E-state index in [1.165, 1.54) is 22.0 Å². The average Bonchev–Trinajstić information content (AvgIpc) is 3.42. The number of halogens is 3. The number of carbonyl (C=O) groups is 2. The zero-order chi connectivity index (χ0) is 28.1. The molecule has 0 N–H and O–H groups in total. The van der Waals surface area contributed by atoms with E-state index in [1.54, 1.807) is 48.5 Å². The first-order valence-electron chi connectivity index (χ1n) is 13.1. The molecule has 3 aromatic rings. The van der Waals surface area contributed by atoms with E-state index in [4.69, 9.17) is 27.9 Å². The fourth-order valence-corrected chi connectivity index (χ4v) is 5.22. The van der Waals surface area contributed by atoms with Crippen molar-refractivity contribution in [2.45, 2.75) is 12.5 Å². The molecular formula is C30H29Cl2FN4O3. The quantitative estimate of drug-likeness (QED) is 0.362. The van der Waals surface area contributed by atoms with Gasteiger partial charge in [0.05, 0.1) is 35.6 Å². The smallest absolute Gasteiger partial charge is 0.262 e. The van der Waals surface area contributed by atoms with Gasteiger partial charge in [-0.15, -0.1) is 0 Å². The average molecular weight is 583 g/mol. The highest BCUT2D eigenvalue weighted by Gasteiger charge is 2.35. The standard InChI is InChI=1S/C30H29Cl2FN4O3/c31-23-9-5-22(6-10-23)28-19-27(21-7-11-24(33)12-8-21)34-37(28)29(38)20-36(14-13-35-15-17-40-18-16-35)30(39)25-3-1-2-4-26(25)32/h1-12,28H,13-20H2. The Morgan fingerprint density at radius 3 is 2.38 bits per heavy atom. The van der Waals surface area contributed by atoms with E-state index in [9.17, 15) is 14.0 Å². The number of nitrogens with zero attached hydrogens (tertiary/aromatic N) is 4. The van der Waals surface area contributed by atoms with Crippen molar-refractivity contribution < 1.29 is 18.7 Å². The summed E-state index contributed by atoms with van der Waals surface area (Å²) in [5.41, 5.74) is 2.58. The van der Waals surface area contributed by atoms with Crippen LogP contribution in [0.3, 0.4) is 0 Å². The van der Waals surface area contributed by atoms with Gasteiger partial charge in [-0.25, -0.2) is 9.40 Å². The molecule has 1 unspecified atom stereocenters. The third-order valence-corrected chi connectivity index (χ3v) is 7.69. The molecule has 2 heterocycles. The van der Waals surface area contributed by atoms with Gasteiger partial charge in [0.2, 0.25) is 0 Å². The van der Waals surface area contributed by atoms with Crippen molar-refractivity contribution in [1.29, 1.82) is 0 Å². The molecule has 1 atom stereocenters. The molecule has 10 heteroatoms. The van der Waals surface area contributed by atoms with Gasteiger partial charge in [0.1, 0.15) is 12.4 Å². The minimum atomic E-state index is -0.402. The second-order valence-corrected chi connectivity index (χ2v) is 10.6. The molecule has 0 radical (unpaired) electrons. The first-order chi connectivity index (χ1) is 19.4. The van der Waals surface area contributed by atoms with E-state index in [0.717, 1.165) is 24.2 Å². The van der Waals surface area contributed by atoms with Crippen LogP contribution in [0.2, 0.25) is 10.0 Å². The Morgan fingerprint density at radius 2 is 1.68 bits per heavy atom. The van der Waals surface area contributed by atoms with E-state index < -0.39 is 6.04 Å². The summed E-state index contributed by atoms with van der Waals surface area (Å²) in [5.74, 6) is -1.00. The molecule has 0 bridgehead atoms. The lowest BCUT2D eigenvalue weighted by Crippen LogP contribution is -2.46. The Bertz CT molecular complexity index is 1380. The van der Waals surface area contributed by atoms with Crippen molar-refractivity contribution >= 4 is 40.7 Å². The molecule has 2 amide bonds. The molecule has 1 saturated heterocycles. The number of rotatable bonds is 8. The number of morpholine rings is 1. The maximum atomic E-state index is 13.9. The van der Waals surface area contributed by atoms with E-state index >= 15 is 0 Å². The summed E-state index contributed by atoms with van der Waals surface area (Å²) < 4.78 is 19.0. The molecule has 0 aromatic heterocycles. The lowest BCUT2D eigenvalue weighted by Gasteiger charge is -2.31. The summed E-state index contributed by atoms with van der Waals surface area (Å²) in [6.45, 7) is 3.54. The molecule has 1 fully saturated rings. The summed E-state index contributed by atoms with van der Waals surface area (Å²) in [7, 11) is 0. The summed E-state index contributed by atoms with van der Waals surface area (Å²) >= 11 is 12.5. The van der Waals surface area contributed by atoms with Crippen molar-refractivity contribution in [3.05, 3.63) is 105 Å². The van der Waals surface area contributed by atoms with Gasteiger partial charge in [0.25, 0.3) is 11.8 Å². The van der Waals surface area contributed by atoms with Crippen LogP contribution in [0.25, 0.3) is 0 Å². The highest BCUT2D eigenvalue weighted by molar-refractivity contribution is 6.33. The molecule has 2 aliphatic heterocycles. The Hall–Kier alpha value is -3.30. The number of hydrazone groups is 1. The van der Waals surface area contributed by atoms with Crippen LogP contribution < -0.4 is 0 Å². The number of carbonyl (C=O) groups excluding carboxylic acids is 2. The van der Waals surface area contributed by atoms with Crippen LogP contribution in [0.4, 0.5) is 4.39 Å². The molecule has 2 aliphatic rings. The topological polar surface area (TPSA) is 65.5 Å². The summed E-state index contributed by atoms with van der Waals surface area (Å²) in [6.07, 6.45) is 0.436. The minimum absolute atomic E-state index is 0.182. The van der Waals surface area contributed by atoms with Crippen molar-refractivity contribution in [1.82, 2.24) is 14.8 Å². The van der Waals surface area contributed by atoms with E-state index in [-0.39, 0.29) is 24.2 Å². The normalized spacial score (nSPS) is 17.5. The van der Waals surface area contributed by atoms with Crippen LogP contribution >= 0.6 is 23.2 Å². The number of benzene rings is 3. The van der Waals surface area contributed by atoms with Gasteiger partial charge < -0.3 is 9.64 Å². The molecule has 3 aromatic carbocycles. The summed E-state index contributed by atoms with van der Waals surface area (Å²) in [4.78, 5) is 31.3. The van der Waals surface area contributed by atoms with Gasteiger partial charge in [0, 0.05) is 37.6 Å². The molecule has 0 spiro atoms. The largest absolute Gasteiger partial charge is 0.379 e. The summed E-state index contributed by atoms with van der Waals surface area (Å²) in [6, 6.07) is 19.7. The Morgan fingerprint density at radius 1 is 0.975 bits per heavy atom. The number of hydrogen-bond donors (Lipinski definition) is 0. The van der Waals surface area contributed by atoms with Gasteiger partial charge in [-0.1, -0.05) is 59.6 Å². The molecule has 5 rings (SSSR count). The number of ether oxygens (including phenoxy) is 1. The zero-order valence-electron chi connectivity index (χ0n) is 21.8. The maximum absolute atomic E-state index is 13.9. The lowest BCUT2D eigenvalue weighted by atomic mass is 9.98. The Kier molecular flexibility index (Phi) is 9.11. The highest BCUT2D eigenvalue weighted by Crippen LogP contribution is 2.33. The molecule has 0 aliphatic carbocycles. The van der Waals surface area contributed by atoms with Gasteiger partial charge in [-0.2, -0.15) is 5.10 Å². The van der Waals surface area contributed by atoms with Crippen molar-refractivity contribution in [3.8, 4) is 0 Å². The Labute approximate surface area is 242 Å². The van der Waals surface area contributed by atoms with Crippen LogP contribution in [0.15, 0.2) is 77.9 Å². The summed E-state index contributed by atoms with van der Waals surface area (Å²) in [5, 5.41) is 7.02. The van der Waals surface area contributed by atoms with Crippen LogP contribution in [-0.2, 0) is 9.53 Å². The lowest BCUT2D eigenvalue weighted by molar-refractivity contribution is -0.133. The monoisotopic (exact) mass is 582 g/mol. The van der Waals surface area contributed by atoms with Crippen molar-refractivity contribution in [3.63, 3.8) is 0 Å². The maximum Gasteiger partial charge on any atom is 0.262 e. The molecule has 208 valence electrons. The Balaban J connectivity index is 1.42. The third-order valence-electron chi connectivity index (χ3n) is 7.11. The minimum Gasteiger partial charge on any atom is -0.379 e. The molecule has 7 nitrogen and oxygen atoms in total. The van der Waals surface area contributed by atoms with Gasteiger partial charge in [-0.05, 0) is 47.5 Å². The first-order valence-corrected chi connectivity index (χ1v) is 13.9. The molecule has 0 saturated carbocycles. The van der Waals surface area contributed by atoms with Crippen LogP contribution in [0, 0.1) is 5.82 Å². The molecular weight excluding hydrogens is 554 g/mol. The fourth-order valence-electron chi connectivity index (χ4n) is 4.88. The zero-order valence-corrected chi connectivity index (χ0v) is 23.3.